The van der Waals surface area contributed by atoms with E-state index in [0.717, 1.165) is 27.5 Å². The summed E-state index contributed by atoms with van der Waals surface area (Å²) in [5, 5.41) is 20.7. The minimum Gasteiger partial charge on any atom is -0.497 e. The van der Waals surface area contributed by atoms with Crippen LogP contribution in [0, 0.1) is 0 Å². The molecule has 5 aromatic rings. The number of ether oxygens (including phenoxy) is 2. The number of carbonyl (C=O) groups excluding carboxylic acids is 2. The number of methoxy groups -OCH3 is 2. The van der Waals surface area contributed by atoms with Gasteiger partial charge in [-0.3, -0.25) is 9.59 Å². The second kappa shape index (κ2) is 14.4. The van der Waals surface area contributed by atoms with Gasteiger partial charge in [0.05, 0.1) is 55.3 Å². The second-order valence-corrected chi connectivity index (χ2v) is 12.3. The number of hydrogen-bond acceptors (Lipinski definition) is 9. The molecule has 3 heterocycles. The SMILES string of the molecule is COc1ccc([C@H]2CC(c3cccs3)=NN2C(=O)CSc2nnc(CNC(=O)c3ccccc3OC)n2Cc2ccccc2)cc1. The summed E-state index contributed by atoms with van der Waals surface area (Å²) in [5.41, 5.74) is 3.33. The Kier molecular flexibility index (Phi) is 9.75. The van der Waals surface area contributed by atoms with Crippen LogP contribution in [0.25, 0.3) is 0 Å². The average molecular weight is 653 g/mol. The van der Waals surface area contributed by atoms with E-state index in [-0.39, 0.29) is 30.2 Å². The highest BCUT2D eigenvalue weighted by Gasteiger charge is 2.33. The number of thiophene rings is 1. The molecule has 1 aliphatic heterocycles. The highest BCUT2D eigenvalue weighted by Crippen LogP contribution is 2.35. The molecule has 0 saturated heterocycles. The first-order valence-corrected chi connectivity index (χ1v) is 16.5. The second-order valence-electron chi connectivity index (χ2n) is 10.4. The number of aromatic nitrogens is 3. The number of carbonyl (C=O) groups is 2. The molecule has 6 rings (SSSR count). The first kappa shape index (κ1) is 31.1. The van der Waals surface area contributed by atoms with Crippen LogP contribution < -0.4 is 14.8 Å². The van der Waals surface area contributed by atoms with Gasteiger partial charge in [0.1, 0.15) is 11.5 Å². The fraction of sp³-hybridized carbons (Fsp3) is 0.206. The van der Waals surface area contributed by atoms with Crippen molar-refractivity contribution in [2.24, 2.45) is 5.10 Å². The lowest BCUT2D eigenvalue weighted by atomic mass is 10.0. The summed E-state index contributed by atoms with van der Waals surface area (Å²) in [5.74, 6) is 1.49. The molecule has 0 fully saturated rings. The molecule has 0 aliphatic carbocycles. The first-order chi connectivity index (χ1) is 22.5. The fourth-order valence-electron chi connectivity index (χ4n) is 5.18. The molecule has 0 unspecified atom stereocenters. The molecule has 0 saturated carbocycles. The summed E-state index contributed by atoms with van der Waals surface area (Å²) in [6.07, 6.45) is 0.615. The zero-order valence-corrected chi connectivity index (χ0v) is 27.0. The van der Waals surface area contributed by atoms with Gasteiger partial charge in [-0.1, -0.05) is 72.4 Å². The maximum absolute atomic E-state index is 13.8. The molecule has 46 heavy (non-hydrogen) atoms. The Labute approximate surface area is 275 Å². The van der Waals surface area contributed by atoms with E-state index < -0.39 is 0 Å². The molecule has 1 aliphatic rings. The number of hydrogen-bond donors (Lipinski definition) is 1. The third kappa shape index (κ3) is 6.98. The van der Waals surface area contributed by atoms with E-state index in [9.17, 15) is 9.59 Å². The fourth-order valence-corrected chi connectivity index (χ4v) is 6.71. The Hall–Kier alpha value is -4.94. The zero-order valence-electron chi connectivity index (χ0n) is 25.3. The van der Waals surface area contributed by atoms with Gasteiger partial charge in [0, 0.05) is 6.42 Å². The predicted molar refractivity (Wildman–Crippen MR) is 179 cm³/mol. The number of amides is 2. The molecule has 12 heteroatoms. The Morgan fingerprint density at radius 3 is 2.46 bits per heavy atom. The highest BCUT2D eigenvalue weighted by atomic mass is 32.2. The van der Waals surface area contributed by atoms with Gasteiger partial charge < -0.3 is 19.4 Å². The molecule has 1 N–H and O–H groups in total. The number of benzene rings is 3. The Morgan fingerprint density at radius 2 is 1.72 bits per heavy atom. The van der Waals surface area contributed by atoms with E-state index >= 15 is 0 Å². The average Bonchev–Trinajstić information content (AvgIpc) is 3.87. The molecule has 2 amide bonds. The van der Waals surface area contributed by atoms with Gasteiger partial charge in [-0.05, 0) is 46.8 Å². The van der Waals surface area contributed by atoms with Gasteiger partial charge >= 0.3 is 0 Å². The molecule has 0 spiro atoms. The maximum Gasteiger partial charge on any atom is 0.255 e. The largest absolute Gasteiger partial charge is 0.497 e. The van der Waals surface area contributed by atoms with Crippen molar-refractivity contribution in [1.82, 2.24) is 25.1 Å². The van der Waals surface area contributed by atoms with Crippen LogP contribution in [0.2, 0.25) is 0 Å². The maximum atomic E-state index is 13.8. The van der Waals surface area contributed by atoms with Crippen LogP contribution in [0.4, 0.5) is 0 Å². The number of thioether (sulfide) groups is 1. The summed E-state index contributed by atoms with van der Waals surface area (Å²) >= 11 is 2.91. The molecular formula is C34H32N6O4S2. The van der Waals surface area contributed by atoms with Gasteiger partial charge in [-0.25, -0.2) is 5.01 Å². The molecule has 10 nitrogen and oxygen atoms in total. The highest BCUT2D eigenvalue weighted by molar-refractivity contribution is 7.99. The van der Waals surface area contributed by atoms with Gasteiger partial charge in [0.15, 0.2) is 11.0 Å². The third-order valence-corrected chi connectivity index (χ3v) is 9.40. The smallest absolute Gasteiger partial charge is 0.255 e. The summed E-state index contributed by atoms with van der Waals surface area (Å²) < 4.78 is 12.6. The van der Waals surface area contributed by atoms with Gasteiger partial charge in [0.25, 0.3) is 11.8 Å². The number of nitrogens with one attached hydrogen (secondary N) is 1. The van der Waals surface area contributed by atoms with Gasteiger partial charge in [0.2, 0.25) is 0 Å². The molecule has 0 bridgehead atoms. The number of nitrogens with zero attached hydrogens (tertiary/aromatic N) is 5. The van der Waals surface area contributed by atoms with Crippen LogP contribution in [0.3, 0.4) is 0 Å². The van der Waals surface area contributed by atoms with Crippen molar-refractivity contribution < 1.29 is 19.1 Å². The van der Waals surface area contributed by atoms with Crippen molar-refractivity contribution in [1.29, 1.82) is 0 Å². The van der Waals surface area contributed by atoms with Crippen molar-refractivity contribution in [3.8, 4) is 11.5 Å². The van der Waals surface area contributed by atoms with Gasteiger partial charge in [-0.2, -0.15) is 5.10 Å². The quantitative estimate of drug-likeness (QED) is 0.170. The summed E-state index contributed by atoms with van der Waals surface area (Å²) in [6.45, 7) is 0.619. The van der Waals surface area contributed by atoms with E-state index in [1.165, 1.54) is 18.9 Å². The Bertz CT molecular complexity index is 1820. The zero-order chi connectivity index (χ0) is 31.9. The van der Waals surface area contributed by atoms with Crippen LogP contribution in [0.5, 0.6) is 11.5 Å². The van der Waals surface area contributed by atoms with Crippen molar-refractivity contribution in [2.75, 3.05) is 20.0 Å². The summed E-state index contributed by atoms with van der Waals surface area (Å²) in [6, 6.07) is 28.5. The number of hydrazone groups is 1. The van der Waals surface area contributed by atoms with Crippen LogP contribution in [0.1, 0.15) is 44.6 Å². The minimum absolute atomic E-state index is 0.106. The molecule has 234 valence electrons. The molecule has 0 radical (unpaired) electrons. The predicted octanol–water partition coefficient (Wildman–Crippen LogP) is 5.81. The van der Waals surface area contributed by atoms with Crippen molar-refractivity contribution in [3.63, 3.8) is 0 Å². The van der Waals surface area contributed by atoms with Crippen LogP contribution in [-0.4, -0.2) is 57.3 Å². The van der Waals surface area contributed by atoms with Crippen molar-refractivity contribution in [3.05, 3.63) is 124 Å². The van der Waals surface area contributed by atoms with Crippen LogP contribution in [-0.2, 0) is 17.9 Å². The van der Waals surface area contributed by atoms with Crippen molar-refractivity contribution >= 4 is 40.6 Å². The number of para-hydroxylation sites is 1. The molecule has 3 aromatic carbocycles. The number of rotatable bonds is 12. The normalized spacial score (nSPS) is 14.2. The van der Waals surface area contributed by atoms with Crippen LogP contribution >= 0.6 is 23.1 Å². The lowest BCUT2D eigenvalue weighted by Crippen LogP contribution is -2.28. The first-order valence-electron chi connectivity index (χ1n) is 14.6. The van der Waals surface area contributed by atoms with Crippen LogP contribution in [0.15, 0.2) is 107 Å². The monoisotopic (exact) mass is 652 g/mol. The van der Waals surface area contributed by atoms with E-state index in [4.69, 9.17) is 14.6 Å². The standard InChI is InChI=1S/C34H32N6O4S2/c1-43-25-16-14-24(15-17-25)28-19-27(30-13-8-18-45-30)38-40(28)32(41)22-46-34-37-36-31(39(34)21-23-9-4-3-5-10-23)20-35-33(42)26-11-6-7-12-29(26)44-2/h3-18,28H,19-22H2,1-2H3,(H,35,42)/t28-/m1/s1. The summed E-state index contributed by atoms with van der Waals surface area (Å²) in [7, 11) is 3.16. The van der Waals surface area contributed by atoms with Crippen molar-refractivity contribution in [2.45, 2.75) is 30.7 Å². The van der Waals surface area contributed by atoms with E-state index in [1.807, 2.05) is 82.7 Å². The van der Waals surface area contributed by atoms with E-state index in [2.05, 4.69) is 15.5 Å². The van der Waals surface area contributed by atoms with E-state index in [1.54, 1.807) is 41.7 Å². The topological polar surface area (TPSA) is 111 Å². The lowest BCUT2D eigenvalue weighted by molar-refractivity contribution is -0.130. The molecular weight excluding hydrogens is 621 g/mol. The third-order valence-electron chi connectivity index (χ3n) is 7.53. The molecule has 2 aromatic heterocycles. The molecule has 1 atom stereocenters. The minimum atomic E-state index is -0.283. The summed E-state index contributed by atoms with van der Waals surface area (Å²) in [4.78, 5) is 27.9. The Morgan fingerprint density at radius 1 is 0.935 bits per heavy atom. The van der Waals surface area contributed by atoms with E-state index in [0.29, 0.717) is 35.3 Å². The van der Waals surface area contributed by atoms with Gasteiger partial charge in [-0.15, -0.1) is 21.5 Å². The lowest BCUT2D eigenvalue weighted by Gasteiger charge is -2.22. The Balaban J connectivity index is 1.21.